The third-order valence-electron chi connectivity index (χ3n) is 4.26. The van der Waals surface area contributed by atoms with Gasteiger partial charge in [0.1, 0.15) is 5.58 Å². The molecule has 126 valence electrons. The van der Waals surface area contributed by atoms with E-state index in [1.807, 2.05) is 18.2 Å². The smallest absolute Gasteiger partial charge is 0.274 e. The fourth-order valence-electron chi connectivity index (χ4n) is 3.00. The molecule has 1 aromatic carbocycles. The van der Waals surface area contributed by atoms with Crippen molar-refractivity contribution in [3.8, 4) is 0 Å². The second kappa shape index (κ2) is 7.00. The second-order valence-electron chi connectivity index (χ2n) is 5.78. The SMILES string of the molecule is COCCN1CCCC1CNS(=O)(=O)c1cc2ccccc2o1. The maximum Gasteiger partial charge on any atom is 0.274 e. The number of likely N-dealkylation sites (tertiary alicyclic amines) is 1. The van der Waals surface area contributed by atoms with Gasteiger partial charge in [-0.15, -0.1) is 0 Å². The van der Waals surface area contributed by atoms with Gasteiger partial charge in [-0.05, 0) is 25.5 Å². The van der Waals surface area contributed by atoms with Crippen molar-refractivity contribution in [2.45, 2.75) is 24.0 Å². The lowest BCUT2D eigenvalue weighted by Crippen LogP contribution is -2.41. The van der Waals surface area contributed by atoms with Crippen LogP contribution in [0.4, 0.5) is 0 Å². The number of methoxy groups -OCH3 is 1. The largest absolute Gasteiger partial charge is 0.443 e. The molecule has 2 heterocycles. The van der Waals surface area contributed by atoms with E-state index in [0.717, 1.165) is 31.3 Å². The van der Waals surface area contributed by atoms with Crippen molar-refractivity contribution in [2.24, 2.45) is 0 Å². The van der Waals surface area contributed by atoms with Crippen LogP contribution in [0.5, 0.6) is 0 Å². The van der Waals surface area contributed by atoms with Crippen LogP contribution in [0, 0.1) is 0 Å². The molecule has 1 aliphatic heterocycles. The Morgan fingerprint density at radius 2 is 2.22 bits per heavy atom. The Labute approximate surface area is 136 Å². The third-order valence-corrected chi connectivity index (χ3v) is 5.54. The van der Waals surface area contributed by atoms with Crippen LogP contribution >= 0.6 is 0 Å². The summed E-state index contributed by atoms with van der Waals surface area (Å²) in [6.45, 7) is 2.86. The van der Waals surface area contributed by atoms with Crippen LogP contribution in [-0.4, -0.2) is 52.7 Å². The summed E-state index contributed by atoms with van der Waals surface area (Å²) >= 11 is 0. The minimum Gasteiger partial charge on any atom is -0.443 e. The number of para-hydroxylation sites is 1. The summed E-state index contributed by atoms with van der Waals surface area (Å²) in [5, 5.41) is 0.760. The molecule has 0 spiro atoms. The molecule has 3 rings (SSSR count). The van der Waals surface area contributed by atoms with Crippen molar-refractivity contribution in [1.29, 1.82) is 0 Å². The highest BCUT2D eigenvalue weighted by Gasteiger charge is 2.27. The molecule has 1 fully saturated rings. The average Bonchev–Trinajstić information content (AvgIpc) is 3.17. The van der Waals surface area contributed by atoms with Crippen molar-refractivity contribution >= 4 is 21.0 Å². The molecule has 1 saturated heterocycles. The van der Waals surface area contributed by atoms with Gasteiger partial charge in [0, 0.05) is 37.7 Å². The normalized spacial score (nSPS) is 19.6. The summed E-state index contributed by atoms with van der Waals surface area (Å²) in [6.07, 6.45) is 2.08. The van der Waals surface area contributed by atoms with Gasteiger partial charge in [0.2, 0.25) is 5.09 Å². The summed E-state index contributed by atoms with van der Waals surface area (Å²) in [5.74, 6) is 0. The molecule has 0 bridgehead atoms. The number of ether oxygens (including phenoxy) is 1. The van der Waals surface area contributed by atoms with Crippen LogP contribution in [0.3, 0.4) is 0 Å². The fourth-order valence-corrected chi connectivity index (χ4v) is 4.03. The van der Waals surface area contributed by atoms with Gasteiger partial charge in [-0.1, -0.05) is 18.2 Å². The van der Waals surface area contributed by atoms with E-state index >= 15 is 0 Å². The van der Waals surface area contributed by atoms with E-state index in [9.17, 15) is 8.42 Å². The lowest BCUT2D eigenvalue weighted by molar-refractivity contribution is 0.141. The molecular formula is C16H22N2O4S. The summed E-state index contributed by atoms with van der Waals surface area (Å²) in [4.78, 5) is 2.27. The predicted molar refractivity (Wildman–Crippen MR) is 87.9 cm³/mol. The maximum absolute atomic E-state index is 12.4. The molecular weight excluding hydrogens is 316 g/mol. The zero-order chi connectivity index (χ0) is 16.3. The van der Waals surface area contributed by atoms with Crippen molar-refractivity contribution in [1.82, 2.24) is 9.62 Å². The van der Waals surface area contributed by atoms with Crippen LogP contribution in [-0.2, 0) is 14.8 Å². The van der Waals surface area contributed by atoms with Gasteiger partial charge in [-0.2, -0.15) is 0 Å². The second-order valence-corrected chi connectivity index (χ2v) is 7.48. The number of nitrogens with one attached hydrogen (secondary N) is 1. The fraction of sp³-hybridized carbons (Fsp3) is 0.500. The summed E-state index contributed by atoms with van der Waals surface area (Å²) in [7, 11) is -1.95. The molecule has 6 nitrogen and oxygen atoms in total. The van der Waals surface area contributed by atoms with Gasteiger partial charge in [-0.25, -0.2) is 13.1 Å². The summed E-state index contributed by atoms with van der Waals surface area (Å²) in [6, 6.07) is 9.05. The molecule has 7 heteroatoms. The quantitative estimate of drug-likeness (QED) is 0.834. The van der Waals surface area contributed by atoms with Gasteiger partial charge >= 0.3 is 0 Å². The number of hydrogen-bond donors (Lipinski definition) is 1. The monoisotopic (exact) mass is 338 g/mol. The number of sulfonamides is 1. The highest BCUT2D eigenvalue weighted by Crippen LogP contribution is 2.23. The van der Waals surface area contributed by atoms with E-state index < -0.39 is 10.0 Å². The first kappa shape index (κ1) is 16.4. The van der Waals surface area contributed by atoms with Gasteiger partial charge in [0.05, 0.1) is 6.61 Å². The Kier molecular flexibility index (Phi) is 5.01. The van der Waals surface area contributed by atoms with E-state index in [1.54, 1.807) is 19.2 Å². The highest BCUT2D eigenvalue weighted by atomic mass is 32.2. The van der Waals surface area contributed by atoms with Gasteiger partial charge in [0.25, 0.3) is 10.0 Å². The highest BCUT2D eigenvalue weighted by molar-refractivity contribution is 7.89. The zero-order valence-corrected chi connectivity index (χ0v) is 14.0. The van der Waals surface area contributed by atoms with Crippen LogP contribution in [0.25, 0.3) is 11.0 Å². The molecule has 23 heavy (non-hydrogen) atoms. The van der Waals surface area contributed by atoms with Crippen LogP contribution in [0.1, 0.15) is 12.8 Å². The van der Waals surface area contributed by atoms with Gasteiger partial charge in [0.15, 0.2) is 0 Å². The van der Waals surface area contributed by atoms with Gasteiger partial charge in [-0.3, -0.25) is 4.90 Å². The Morgan fingerprint density at radius 1 is 1.39 bits per heavy atom. The number of benzene rings is 1. The van der Waals surface area contributed by atoms with E-state index in [1.165, 1.54) is 0 Å². The molecule has 0 amide bonds. The van der Waals surface area contributed by atoms with Crippen LogP contribution < -0.4 is 4.72 Å². The number of fused-ring (bicyclic) bond motifs is 1. The van der Waals surface area contributed by atoms with Crippen LogP contribution in [0.2, 0.25) is 0 Å². The molecule has 0 aliphatic carbocycles. The first-order valence-electron chi connectivity index (χ1n) is 7.81. The first-order valence-corrected chi connectivity index (χ1v) is 9.30. The van der Waals surface area contributed by atoms with E-state index in [-0.39, 0.29) is 11.1 Å². The van der Waals surface area contributed by atoms with Crippen molar-refractivity contribution in [2.75, 3.05) is 33.4 Å². The molecule has 1 unspecified atom stereocenters. The van der Waals surface area contributed by atoms with Crippen molar-refractivity contribution in [3.05, 3.63) is 30.3 Å². The number of rotatable bonds is 7. The molecule has 1 aliphatic rings. The number of hydrogen-bond acceptors (Lipinski definition) is 5. The van der Waals surface area contributed by atoms with E-state index in [0.29, 0.717) is 18.7 Å². The topological polar surface area (TPSA) is 71.8 Å². The molecule has 1 aromatic heterocycles. The van der Waals surface area contributed by atoms with Crippen molar-refractivity contribution in [3.63, 3.8) is 0 Å². The Bertz CT molecular complexity index is 723. The summed E-state index contributed by atoms with van der Waals surface area (Å²) < 4.78 is 38.1. The minimum absolute atomic E-state index is 0.0276. The molecule has 0 radical (unpaired) electrons. The summed E-state index contributed by atoms with van der Waals surface area (Å²) in [5.41, 5.74) is 0.579. The Hall–Kier alpha value is -1.41. The lowest BCUT2D eigenvalue weighted by Gasteiger charge is -2.23. The standard InChI is InChI=1S/C16H22N2O4S/c1-21-10-9-18-8-4-6-14(18)12-17-23(19,20)16-11-13-5-2-3-7-15(13)22-16/h2-3,5,7,11,14,17H,4,6,8-10,12H2,1H3. The molecule has 2 aromatic rings. The van der Waals surface area contributed by atoms with Crippen molar-refractivity contribution < 1.29 is 17.6 Å². The molecule has 1 N–H and O–H groups in total. The molecule has 1 atom stereocenters. The Balaban J connectivity index is 1.66. The predicted octanol–water partition coefficient (Wildman–Crippen LogP) is 1.82. The molecule has 0 saturated carbocycles. The third kappa shape index (κ3) is 3.74. The Morgan fingerprint density at radius 3 is 3.00 bits per heavy atom. The van der Waals surface area contributed by atoms with Gasteiger partial charge < -0.3 is 9.15 Å². The van der Waals surface area contributed by atoms with E-state index in [4.69, 9.17) is 9.15 Å². The maximum atomic E-state index is 12.4. The van der Waals surface area contributed by atoms with Crippen LogP contribution in [0.15, 0.2) is 39.8 Å². The number of nitrogens with zero attached hydrogens (tertiary/aromatic N) is 1. The average molecular weight is 338 g/mol. The van der Waals surface area contributed by atoms with E-state index in [2.05, 4.69) is 9.62 Å². The minimum atomic E-state index is -3.63. The zero-order valence-electron chi connectivity index (χ0n) is 13.2. The first-order chi connectivity index (χ1) is 11.1. The number of furan rings is 1. The lowest BCUT2D eigenvalue weighted by atomic mass is 10.2.